The topological polar surface area (TPSA) is 190 Å². The highest BCUT2D eigenvalue weighted by atomic mass is 32.2. The van der Waals surface area contributed by atoms with Crippen molar-refractivity contribution in [1.29, 1.82) is 0 Å². The predicted molar refractivity (Wildman–Crippen MR) is 95.2 cm³/mol. The van der Waals surface area contributed by atoms with Gasteiger partial charge in [0.15, 0.2) is 5.25 Å². The fourth-order valence-corrected chi connectivity index (χ4v) is 5.34. The van der Waals surface area contributed by atoms with Gasteiger partial charge in [-0.3, -0.25) is 24.1 Å². The maximum atomic E-state index is 11.1. The van der Waals surface area contributed by atoms with Crippen molar-refractivity contribution < 1.29 is 42.5 Å². The molecule has 28 heavy (non-hydrogen) atoms. The van der Waals surface area contributed by atoms with Crippen molar-refractivity contribution in [3.05, 3.63) is 0 Å². The monoisotopic (exact) mass is 439 g/mol. The Kier molecular flexibility index (Phi) is 7.25. The third-order valence-electron chi connectivity index (χ3n) is 4.51. The smallest absolute Gasteiger partial charge is 0.315 e. The van der Waals surface area contributed by atoms with Gasteiger partial charge in [0.05, 0.1) is 18.5 Å². The van der Waals surface area contributed by atoms with Gasteiger partial charge in [0, 0.05) is 17.4 Å². The van der Waals surface area contributed by atoms with Crippen LogP contribution in [0.4, 0.5) is 4.79 Å². The minimum Gasteiger partial charge on any atom is -0.481 e. The van der Waals surface area contributed by atoms with Crippen LogP contribution in [0.3, 0.4) is 0 Å². The Balaban J connectivity index is 0.000000209. The zero-order valence-corrected chi connectivity index (χ0v) is 16.2. The van der Waals surface area contributed by atoms with E-state index in [2.05, 4.69) is 10.6 Å². The number of hydrogen-bond donors (Lipinski definition) is 5. The van der Waals surface area contributed by atoms with Gasteiger partial charge in [0.25, 0.3) is 21.9 Å². The molecule has 4 atom stereocenters. The first-order valence-corrected chi connectivity index (χ1v) is 11.0. The molecule has 0 aromatic heterocycles. The zero-order valence-electron chi connectivity index (χ0n) is 14.6. The molecule has 0 aromatic rings. The molecular formula is C14H21N3O9S2. The second-order valence-electron chi connectivity index (χ2n) is 6.51. The Morgan fingerprint density at radius 1 is 1.21 bits per heavy atom. The number of fused-ring (bicyclic) bond motifs is 1. The van der Waals surface area contributed by atoms with Gasteiger partial charge < -0.3 is 15.7 Å². The second kappa shape index (κ2) is 9.07. The Morgan fingerprint density at radius 2 is 1.89 bits per heavy atom. The van der Waals surface area contributed by atoms with Crippen molar-refractivity contribution in [1.82, 2.24) is 15.7 Å². The number of hydroxylamine groups is 2. The molecule has 3 saturated heterocycles. The first-order valence-electron chi connectivity index (χ1n) is 8.43. The van der Waals surface area contributed by atoms with Gasteiger partial charge in [-0.05, 0) is 12.8 Å². The number of amides is 4. The molecule has 5 N–H and O–H groups in total. The van der Waals surface area contributed by atoms with Gasteiger partial charge in [-0.15, -0.1) is 0 Å². The van der Waals surface area contributed by atoms with E-state index < -0.39 is 39.6 Å². The molecule has 4 amide bonds. The molecule has 3 rings (SSSR count). The maximum Gasteiger partial charge on any atom is 0.315 e. The number of carboxylic acid groups (broad SMARTS) is 1. The number of urea groups is 1. The first kappa shape index (κ1) is 22.4. The van der Waals surface area contributed by atoms with E-state index in [-0.39, 0.29) is 29.6 Å². The zero-order chi connectivity index (χ0) is 21.1. The minimum atomic E-state index is -4.59. The quantitative estimate of drug-likeness (QED) is 0.115. The molecule has 3 aliphatic rings. The van der Waals surface area contributed by atoms with Crippen LogP contribution < -0.4 is 10.6 Å². The van der Waals surface area contributed by atoms with Crippen molar-refractivity contribution in [2.75, 3.05) is 5.75 Å². The molecule has 0 saturated carbocycles. The van der Waals surface area contributed by atoms with Crippen molar-refractivity contribution in [3.63, 3.8) is 0 Å². The standard InChI is InChI=1S/C10H16N2O3S.C4H5NO6S/c13-8(14)4-2-1-3-7-9-6(5-16-7)11-10(15)12-9;6-3-1-2(12(9,10)11)4(7)5(3)8/h6-7,9H,1-5H2,(H,13,14)(H2,11,12,15);2,8H,1H2,(H,9,10,11)/t6-,7-,9-;2-/m00/s1. The number of rotatable bonds is 6. The number of aliphatic carboxylic acids is 1. The molecule has 3 aliphatic heterocycles. The van der Waals surface area contributed by atoms with Crippen LogP contribution in [0.5, 0.6) is 0 Å². The molecule has 0 radical (unpaired) electrons. The lowest BCUT2D eigenvalue weighted by Crippen LogP contribution is -2.36. The second-order valence-corrected chi connectivity index (χ2v) is 9.38. The lowest BCUT2D eigenvalue weighted by Gasteiger charge is -2.16. The van der Waals surface area contributed by atoms with Crippen LogP contribution in [0.15, 0.2) is 0 Å². The van der Waals surface area contributed by atoms with Gasteiger partial charge >= 0.3 is 12.0 Å². The number of nitrogens with one attached hydrogen (secondary N) is 2. The summed E-state index contributed by atoms with van der Waals surface area (Å²) in [6.07, 6.45) is 2.17. The summed E-state index contributed by atoms with van der Waals surface area (Å²) in [4.78, 5) is 42.7. The Labute approximate surface area is 164 Å². The van der Waals surface area contributed by atoms with Crippen LogP contribution in [0.25, 0.3) is 0 Å². The van der Waals surface area contributed by atoms with E-state index in [4.69, 9.17) is 14.9 Å². The van der Waals surface area contributed by atoms with Crippen molar-refractivity contribution >= 4 is 45.7 Å². The normalized spacial score (nSPS) is 29.1. The Bertz CT molecular complexity index is 757. The number of carbonyl (C=O) groups excluding carboxylic acids is 3. The number of carbonyl (C=O) groups is 4. The van der Waals surface area contributed by atoms with E-state index in [9.17, 15) is 27.6 Å². The average molecular weight is 439 g/mol. The van der Waals surface area contributed by atoms with Crippen LogP contribution in [0.2, 0.25) is 0 Å². The van der Waals surface area contributed by atoms with E-state index in [1.54, 1.807) is 0 Å². The van der Waals surface area contributed by atoms with Gasteiger partial charge in [-0.1, -0.05) is 6.42 Å². The van der Waals surface area contributed by atoms with E-state index >= 15 is 0 Å². The number of thioether (sulfide) groups is 1. The summed E-state index contributed by atoms with van der Waals surface area (Å²) in [5.41, 5.74) is 0. The number of carboxylic acids is 1. The van der Waals surface area contributed by atoms with Crippen molar-refractivity contribution in [2.45, 2.75) is 54.7 Å². The lowest BCUT2D eigenvalue weighted by molar-refractivity contribution is -0.171. The summed E-state index contributed by atoms with van der Waals surface area (Å²) in [6, 6.07) is 0.440. The Hall–Kier alpha value is -1.90. The summed E-state index contributed by atoms with van der Waals surface area (Å²) in [5.74, 6) is -2.12. The Morgan fingerprint density at radius 3 is 2.39 bits per heavy atom. The van der Waals surface area contributed by atoms with Gasteiger partial charge in [0.2, 0.25) is 0 Å². The van der Waals surface area contributed by atoms with Crippen molar-refractivity contribution in [2.24, 2.45) is 0 Å². The van der Waals surface area contributed by atoms with Crippen LogP contribution >= 0.6 is 11.8 Å². The fraction of sp³-hybridized carbons (Fsp3) is 0.714. The number of nitrogens with zero attached hydrogens (tertiary/aromatic N) is 1. The van der Waals surface area contributed by atoms with Crippen LogP contribution in [-0.4, -0.2) is 80.5 Å². The largest absolute Gasteiger partial charge is 0.481 e. The molecule has 3 fully saturated rings. The van der Waals surface area contributed by atoms with Crippen LogP contribution in [0, 0.1) is 0 Å². The van der Waals surface area contributed by atoms with Gasteiger partial charge in [0.1, 0.15) is 0 Å². The molecule has 12 nitrogen and oxygen atoms in total. The summed E-state index contributed by atoms with van der Waals surface area (Å²) < 4.78 is 29.1. The highest BCUT2D eigenvalue weighted by molar-refractivity contribution is 8.00. The molecule has 158 valence electrons. The molecule has 0 bridgehead atoms. The number of hydrogen-bond acceptors (Lipinski definition) is 8. The molecule has 14 heteroatoms. The summed E-state index contributed by atoms with van der Waals surface area (Å²) in [7, 11) is -4.59. The van der Waals surface area contributed by atoms with E-state index in [1.807, 2.05) is 11.8 Å². The summed E-state index contributed by atoms with van der Waals surface area (Å²) in [5, 5.41) is 21.2. The molecular weight excluding hydrogens is 418 g/mol. The summed E-state index contributed by atoms with van der Waals surface area (Å²) >= 11 is 1.87. The molecule has 0 spiro atoms. The first-order chi connectivity index (χ1) is 13.0. The third kappa shape index (κ3) is 5.56. The van der Waals surface area contributed by atoms with Gasteiger partial charge in [-0.25, -0.2) is 4.79 Å². The lowest BCUT2D eigenvalue weighted by atomic mass is 10.0. The molecule has 3 heterocycles. The summed E-state index contributed by atoms with van der Waals surface area (Å²) in [6.45, 7) is 0. The highest BCUT2D eigenvalue weighted by Crippen LogP contribution is 2.33. The van der Waals surface area contributed by atoms with Gasteiger partial charge in [-0.2, -0.15) is 25.2 Å². The minimum absolute atomic E-state index is 0.0640. The van der Waals surface area contributed by atoms with Crippen molar-refractivity contribution in [3.8, 4) is 0 Å². The van der Waals surface area contributed by atoms with Crippen LogP contribution in [-0.2, 0) is 24.5 Å². The van der Waals surface area contributed by atoms with E-state index in [1.165, 1.54) is 0 Å². The molecule has 0 aliphatic carbocycles. The molecule has 0 aromatic carbocycles. The third-order valence-corrected chi connectivity index (χ3v) is 7.10. The van der Waals surface area contributed by atoms with E-state index in [0.717, 1.165) is 25.0 Å². The predicted octanol–water partition coefficient (Wildman–Crippen LogP) is -0.812. The van der Waals surface area contributed by atoms with Crippen LogP contribution in [0.1, 0.15) is 32.1 Å². The average Bonchev–Trinajstić information content (AvgIpc) is 3.21. The number of imide groups is 1. The SMILES string of the molecule is O=C(O)CCCC[C@@H]1SC[C@@H]2NC(=O)N[C@@H]21.O=C1C[C@H](S(=O)(=O)O)C(=O)N1O. The maximum absolute atomic E-state index is 11.1. The fourth-order valence-electron chi connectivity index (χ4n) is 3.09. The highest BCUT2D eigenvalue weighted by Gasteiger charge is 2.45. The molecule has 0 unspecified atom stereocenters. The van der Waals surface area contributed by atoms with E-state index in [0.29, 0.717) is 5.25 Å². The number of unbranched alkanes of at least 4 members (excludes halogenated alkanes) is 1.